The fraction of sp³-hybridized carbons (Fsp3) is 0.455. The largest absolute Gasteiger partial charge is 0.497 e. The van der Waals surface area contributed by atoms with Crippen LogP contribution in [0.5, 0.6) is 11.5 Å². The van der Waals surface area contributed by atoms with E-state index in [1.54, 1.807) is 14.2 Å². The number of nitrogens with zero attached hydrogens (tertiary/aromatic N) is 2. The smallest absolute Gasteiger partial charge is 0.123 e. The van der Waals surface area contributed by atoms with Crippen molar-refractivity contribution in [1.29, 1.82) is 0 Å². The average molecular weight is 388 g/mol. The molecule has 1 heterocycles. The first-order valence-corrected chi connectivity index (χ1v) is 9.65. The lowest BCUT2D eigenvalue weighted by molar-refractivity contribution is 0.0496. The lowest BCUT2D eigenvalue weighted by atomic mass is 10.1. The monoisotopic (exact) mass is 388 g/mol. The third-order valence-electron chi connectivity index (χ3n) is 5.33. The molecule has 1 saturated heterocycles. The zero-order valence-corrected chi connectivity index (χ0v) is 16.6. The third kappa shape index (κ3) is 5.22. The second-order valence-corrected chi connectivity index (χ2v) is 7.18. The van der Waals surface area contributed by atoms with Gasteiger partial charge in [-0.3, -0.25) is 9.80 Å². The van der Waals surface area contributed by atoms with Crippen LogP contribution in [-0.4, -0.2) is 61.4 Å². The Bertz CT molecular complexity index is 754. The van der Waals surface area contributed by atoms with Crippen molar-refractivity contribution in [2.24, 2.45) is 0 Å². The van der Waals surface area contributed by atoms with Gasteiger partial charge in [0, 0.05) is 50.9 Å². The lowest BCUT2D eigenvalue weighted by Crippen LogP contribution is -2.52. The SMILES string of the molecule is COc1ccc(OC)c(CN2CCN(Cc3ccc(F)cc3)[C@@H](CCO)C2)c1. The number of halogens is 1. The van der Waals surface area contributed by atoms with Crippen LogP contribution < -0.4 is 9.47 Å². The standard InChI is InChI=1S/C22H29FN2O3/c1-27-21-7-8-22(28-2)18(13-21)15-24-10-11-25(20(16-24)9-12-26)14-17-3-5-19(23)6-4-17/h3-8,13,20,26H,9-12,14-16H2,1-2H3/t20-/m0/s1. The zero-order valence-electron chi connectivity index (χ0n) is 16.6. The summed E-state index contributed by atoms with van der Waals surface area (Å²) in [5.41, 5.74) is 2.18. The van der Waals surface area contributed by atoms with E-state index in [0.29, 0.717) is 6.42 Å². The van der Waals surface area contributed by atoms with Crippen LogP contribution in [0.2, 0.25) is 0 Å². The zero-order chi connectivity index (χ0) is 19.9. The van der Waals surface area contributed by atoms with Crippen molar-refractivity contribution in [2.45, 2.75) is 25.6 Å². The maximum absolute atomic E-state index is 13.2. The predicted octanol–water partition coefficient (Wildman–Crippen LogP) is 2.91. The van der Waals surface area contributed by atoms with Crippen molar-refractivity contribution >= 4 is 0 Å². The maximum Gasteiger partial charge on any atom is 0.123 e. The summed E-state index contributed by atoms with van der Waals surface area (Å²) >= 11 is 0. The fourth-order valence-corrected chi connectivity index (χ4v) is 3.80. The first-order chi connectivity index (χ1) is 13.6. The number of methoxy groups -OCH3 is 2. The molecule has 0 spiro atoms. The van der Waals surface area contributed by atoms with Crippen molar-refractivity contribution < 1.29 is 19.0 Å². The lowest BCUT2D eigenvalue weighted by Gasteiger charge is -2.41. The van der Waals surface area contributed by atoms with Crippen LogP contribution in [0.3, 0.4) is 0 Å². The first kappa shape index (κ1) is 20.6. The third-order valence-corrected chi connectivity index (χ3v) is 5.33. The van der Waals surface area contributed by atoms with Crippen LogP contribution >= 0.6 is 0 Å². The molecular weight excluding hydrogens is 359 g/mol. The van der Waals surface area contributed by atoms with Crippen LogP contribution in [0.1, 0.15) is 17.5 Å². The van der Waals surface area contributed by atoms with Gasteiger partial charge >= 0.3 is 0 Å². The molecule has 1 aliphatic heterocycles. The van der Waals surface area contributed by atoms with Crippen LogP contribution in [-0.2, 0) is 13.1 Å². The van der Waals surface area contributed by atoms with E-state index in [0.717, 1.165) is 55.3 Å². The van der Waals surface area contributed by atoms with Gasteiger partial charge in [-0.25, -0.2) is 4.39 Å². The Morgan fingerprint density at radius 1 is 1.04 bits per heavy atom. The Balaban J connectivity index is 1.67. The Labute approximate surface area is 166 Å². The Hall–Kier alpha value is -2.15. The Morgan fingerprint density at radius 2 is 1.82 bits per heavy atom. The van der Waals surface area contributed by atoms with Crippen molar-refractivity contribution in [1.82, 2.24) is 9.80 Å². The van der Waals surface area contributed by atoms with E-state index in [2.05, 4.69) is 9.80 Å². The number of benzene rings is 2. The summed E-state index contributed by atoms with van der Waals surface area (Å²) in [7, 11) is 3.34. The quantitative estimate of drug-likeness (QED) is 0.753. The molecule has 3 rings (SSSR count). The van der Waals surface area contributed by atoms with E-state index in [9.17, 15) is 9.50 Å². The van der Waals surface area contributed by atoms with Gasteiger partial charge in [0.25, 0.3) is 0 Å². The maximum atomic E-state index is 13.2. The summed E-state index contributed by atoms with van der Waals surface area (Å²) < 4.78 is 24.0. The van der Waals surface area contributed by atoms with Gasteiger partial charge in [-0.1, -0.05) is 12.1 Å². The minimum Gasteiger partial charge on any atom is -0.497 e. The number of hydrogen-bond acceptors (Lipinski definition) is 5. The van der Waals surface area contributed by atoms with Crippen molar-refractivity contribution in [3.63, 3.8) is 0 Å². The predicted molar refractivity (Wildman–Crippen MR) is 107 cm³/mol. The fourth-order valence-electron chi connectivity index (χ4n) is 3.80. The average Bonchev–Trinajstić information content (AvgIpc) is 2.71. The summed E-state index contributed by atoms with van der Waals surface area (Å²) in [5, 5.41) is 9.53. The van der Waals surface area contributed by atoms with Crippen molar-refractivity contribution in [3.8, 4) is 11.5 Å². The molecule has 0 saturated carbocycles. The second-order valence-electron chi connectivity index (χ2n) is 7.18. The first-order valence-electron chi connectivity index (χ1n) is 9.65. The molecule has 2 aromatic carbocycles. The van der Waals surface area contributed by atoms with E-state index < -0.39 is 0 Å². The molecule has 1 N–H and O–H groups in total. The number of hydrogen-bond donors (Lipinski definition) is 1. The number of ether oxygens (including phenoxy) is 2. The van der Waals surface area contributed by atoms with Gasteiger partial charge in [0.1, 0.15) is 17.3 Å². The number of aliphatic hydroxyl groups excluding tert-OH is 1. The normalized spacial score (nSPS) is 18.2. The molecule has 0 amide bonds. The molecule has 1 aliphatic rings. The minimum absolute atomic E-state index is 0.154. The molecule has 0 bridgehead atoms. The highest BCUT2D eigenvalue weighted by molar-refractivity contribution is 5.40. The van der Waals surface area contributed by atoms with Gasteiger partial charge in [-0.15, -0.1) is 0 Å². The molecule has 0 radical (unpaired) electrons. The van der Waals surface area contributed by atoms with Gasteiger partial charge in [0.2, 0.25) is 0 Å². The number of piperazine rings is 1. The highest BCUT2D eigenvalue weighted by atomic mass is 19.1. The van der Waals surface area contributed by atoms with Crippen molar-refractivity contribution in [3.05, 3.63) is 59.4 Å². The van der Waals surface area contributed by atoms with Crippen LogP contribution in [0, 0.1) is 5.82 Å². The van der Waals surface area contributed by atoms with Crippen LogP contribution in [0.4, 0.5) is 4.39 Å². The van der Waals surface area contributed by atoms with E-state index in [-0.39, 0.29) is 18.5 Å². The molecule has 1 fully saturated rings. The molecule has 0 aromatic heterocycles. The van der Waals surface area contributed by atoms with Gasteiger partial charge in [0.05, 0.1) is 14.2 Å². The van der Waals surface area contributed by atoms with Gasteiger partial charge in [-0.2, -0.15) is 0 Å². The van der Waals surface area contributed by atoms with Gasteiger partial charge in [-0.05, 0) is 42.3 Å². The molecule has 1 atom stereocenters. The van der Waals surface area contributed by atoms with Gasteiger partial charge in [0.15, 0.2) is 0 Å². The van der Waals surface area contributed by atoms with Crippen LogP contribution in [0.25, 0.3) is 0 Å². The van der Waals surface area contributed by atoms with Gasteiger partial charge < -0.3 is 14.6 Å². The highest BCUT2D eigenvalue weighted by Crippen LogP contribution is 2.27. The second kappa shape index (κ2) is 9.87. The summed E-state index contributed by atoms with van der Waals surface area (Å²) in [6, 6.07) is 12.8. The topological polar surface area (TPSA) is 45.2 Å². The minimum atomic E-state index is -0.215. The number of aliphatic hydroxyl groups is 1. The molecule has 152 valence electrons. The molecule has 5 nitrogen and oxygen atoms in total. The van der Waals surface area contributed by atoms with E-state index in [4.69, 9.17) is 9.47 Å². The van der Waals surface area contributed by atoms with E-state index in [1.165, 1.54) is 12.1 Å². The van der Waals surface area contributed by atoms with Crippen LogP contribution in [0.15, 0.2) is 42.5 Å². The molecular formula is C22H29FN2O3. The summed E-state index contributed by atoms with van der Waals surface area (Å²) in [6.07, 6.45) is 0.715. The summed E-state index contributed by atoms with van der Waals surface area (Å²) in [5.74, 6) is 1.46. The summed E-state index contributed by atoms with van der Waals surface area (Å²) in [6.45, 7) is 4.37. The highest BCUT2D eigenvalue weighted by Gasteiger charge is 2.27. The number of rotatable bonds is 8. The summed E-state index contributed by atoms with van der Waals surface area (Å²) in [4.78, 5) is 4.77. The molecule has 6 heteroatoms. The van der Waals surface area contributed by atoms with E-state index in [1.807, 2.05) is 30.3 Å². The molecule has 0 unspecified atom stereocenters. The van der Waals surface area contributed by atoms with E-state index >= 15 is 0 Å². The Morgan fingerprint density at radius 3 is 2.50 bits per heavy atom. The molecule has 0 aliphatic carbocycles. The van der Waals surface area contributed by atoms with Crippen molar-refractivity contribution in [2.75, 3.05) is 40.5 Å². The molecule has 28 heavy (non-hydrogen) atoms. The molecule has 2 aromatic rings. The Kier molecular flexibility index (Phi) is 7.25.